The van der Waals surface area contributed by atoms with Crippen molar-refractivity contribution in [1.29, 1.82) is 0 Å². The minimum absolute atomic E-state index is 0.0747. The molecule has 8 heteroatoms. The van der Waals surface area contributed by atoms with Crippen molar-refractivity contribution < 1.29 is 9.21 Å². The van der Waals surface area contributed by atoms with Crippen LogP contribution >= 0.6 is 0 Å². The molecule has 0 aliphatic carbocycles. The van der Waals surface area contributed by atoms with Gasteiger partial charge in [0.2, 0.25) is 0 Å². The third-order valence-corrected chi connectivity index (χ3v) is 5.88. The number of hydrogen-bond donors (Lipinski definition) is 0. The SMILES string of the molecule is O=C(c1ccco1)N1CCN(c2nc3c(-c4ccccc4)nnn3c3ccccc23)CC1. The van der Waals surface area contributed by atoms with Crippen molar-refractivity contribution in [1.82, 2.24) is 24.7 Å². The van der Waals surface area contributed by atoms with Gasteiger partial charge in [-0.15, -0.1) is 5.10 Å². The van der Waals surface area contributed by atoms with E-state index in [1.54, 1.807) is 16.6 Å². The van der Waals surface area contributed by atoms with Gasteiger partial charge in [0.05, 0.1) is 11.8 Å². The lowest BCUT2D eigenvalue weighted by molar-refractivity contribution is 0.0714. The second-order valence-corrected chi connectivity index (χ2v) is 7.75. The number of benzene rings is 2. The highest BCUT2D eigenvalue weighted by molar-refractivity contribution is 5.94. The van der Waals surface area contributed by atoms with E-state index >= 15 is 0 Å². The zero-order valence-electron chi connectivity index (χ0n) is 17.3. The van der Waals surface area contributed by atoms with E-state index in [9.17, 15) is 4.79 Å². The molecule has 0 N–H and O–H groups in total. The second kappa shape index (κ2) is 7.49. The van der Waals surface area contributed by atoms with E-state index in [4.69, 9.17) is 9.40 Å². The van der Waals surface area contributed by atoms with Gasteiger partial charge in [-0.05, 0) is 24.3 Å². The number of aromatic nitrogens is 4. The average Bonchev–Trinajstić information content (AvgIpc) is 3.54. The Balaban J connectivity index is 1.39. The van der Waals surface area contributed by atoms with Gasteiger partial charge in [0.1, 0.15) is 11.5 Å². The molecule has 4 heterocycles. The molecule has 1 fully saturated rings. The minimum atomic E-state index is -0.0747. The highest BCUT2D eigenvalue weighted by atomic mass is 16.3. The lowest BCUT2D eigenvalue weighted by atomic mass is 10.1. The van der Waals surface area contributed by atoms with Gasteiger partial charge in [-0.3, -0.25) is 4.79 Å². The van der Waals surface area contributed by atoms with E-state index in [0.29, 0.717) is 31.9 Å². The van der Waals surface area contributed by atoms with Gasteiger partial charge >= 0.3 is 0 Å². The molecule has 0 saturated carbocycles. The van der Waals surface area contributed by atoms with Crippen LogP contribution in [0.25, 0.3) is 27.8 Å². The topological polar surface area (TPSA) is 79.8 Å². The van der Waals surface area contributed by atoms with Crippen LogP contribution in [0, 0.1) is 0 Å². The quantitative estimate of drug-likeness (QED) is 0.441. The van der Waals surface area contributed by atoms with Gasteiger partial charge in [-0.2, -0.15) is 4.52 Å². The fourth-order valence-corrected chi connectivity index (χ4v) is 4.25. The van der Waals surface area contributed by atoms with Crippen LogP contribution in [0.3, 0.4) is 0 Å². The maximum Gasteiger partial charge on any atom is 0.289 e. The van der Waals surface area contributed by atoms with Crippen molar-refractivity contribution in [3.8, 4) is 11.3 Å². The van der Waals surface area contributed by atoms with Crippen molar-refractivity contribution in [2.24, 2.45) is 0 Å². The largest absolute Gasteiger partial charge is 0.459 e. The zero-order valence-corrected chi connectivity index (χ0v) is 17.3. The maximum atomic E-state index is 12.6. The first kappa shape index (κ1) is 18.6. The van der Waals surface area contributed by atoms with Crippen LogP contribution in [-0.2, 0) is 0 Å². The van der Waals surface area contributed by atoms with Crippen LogP contribution in [0.4, 0.5) is 5.82 Å². The Morgan fingerprint density at radius 2 is 1.66 bits per heavy atom. The standard InChI is InChI=1S/C24H20N6O2/c31-24(20-11-6-16-32-20)29-14-12-28(13-15-29)22-18-9-4-5-10-19(18)30-23(25-22)21(26-27-30)17-7-2-1-3-8-17/h1-11,16H,12-15H2. The third-order valence-electron chi connectivity index (χ3n) is 5.88. The van der Waals surface area contributed by atoms with E-state index < -0.39 is 0 Å². The molecule has 1 aliphatic rings. The second-order valence-electron chi connectivity index (χ2n) is 7.75. The van der Waals surface area contributed by atoms with Gasteiger partial charge < -0.3 is 14.2 Å². The summed E-state index contributed by atoms with van der Waals surface area (Å²) in [6.45, 7) is 2.57. The maximum absolute atomic E-state index is 12.6. The molecule has 32 heavy (non-hydrogen) atoms. The molecule has 158 valence electrons. The summed E-state index contributed by atoms with van der Waals surface area (Å²) in [4.78, 5) is 21.7. The Labute approximate surface area is 183 Å². The van der Waals surface area contributed by atoms with Crippen LogP contribution in [0.1, 0.15) is 10.6 Å². The van der Waals surface area contributed by atoms with Crippen LogP contribution in [0.2, 0.25) is 0 Å². The van der Waals surface area contributed by atoms with E-state index in [1.807, 2.05) is 53.4 Å². The summed E-state index contributed by atoms with van der Waals surface area (Å²) in [7, 11) is 0. The van der Waals surface area contributed by atoms with E-state index in [2.05, 4.69) is 21.3 Å². The number of carbonyl (C=O) groups excluding carboxylic acids is 1. The summed E-state index contributed by atoms with van der Waals surface area (Å²) in [5.41, 5.74) is 3.41. The normalized spacial score (nSPS) is 14.4. The summed E-state index contributed by atoms with van der Waals surface area (Å²) in [5.74, 6) is 1.19. The van der Waals surface area contributed by atoms with Crippen molar-refractivity contribution >= 4 is 28.3 Å². The van der Waals surface area contributed by atoms with E-state index in [-0.39, 0.29) is 5.91 Å². The van der Waals surface area contributed by atoms with Gasteiger partial charge in [0, 0.05) is 37.1 Å². The number of piperazine rings is 1. The molecule has 5 aromatic rings. The Kier molecular flexibility index (Phi) is 4.34. The van der Waals surface area contributed by atoms with Gasteiger partial charge in [0.25, 0.3) is 5.91 Å². The first-order chi connectivity index (χ1) is 15.8. The lowest BCUT2D eigenvalue weighted by Crippen LogP contribution is -2.49. The minimum Gasteiger partial charge on any atom is -0.459 e. The summed E-state index contributed by atoms with van der Waals surface area (Å²) in [5, 5.41) is 9.84. The zero-order chi connectivity index (χ0) is 21.5. The van der Waals surface area contributed by atoms with Crippen molar-refractivity contribution in [2.45, 2.75) is 0 Å². The van der Waals surface area contributed by atoms with Crippen LogP contribution in [0.15, 0.2) is 77.4 Å². The summed E-state index contributed by atoms with van der Waals surface area (Å²) < 4.78 is 7.08. The molecule has 0 atom stereocenters. The molecule has 0 spiro atoms. The Morgan fingerprint density at radius 1 is 0.875 bits per heavy atom. The fourth-order valence-electron chi connectivity index (χ4n) is 4.25. The lowest BCUT2D eigenvalue weighted by Gasteiger charge is -2.35. The van der Waals surface area contributed by atoms with E-state index in [0.717, 1.165) is 33.6 Å². The number of para-hydroxylation sites is 1. The predicted octanol–water partition coefficient (Wildman–Crippen LogP) is 3.50. The Hall–Kier alpha value is -4.20. The van der Waals surface area contributed by atoms with Crippen LogP contribution < -0.4 is 4.90 Å². The first-order valence-electron chi connectivity index (χ1n) is 10.6. The molecule has 1 saturated heterocycles. The number of furan rings is 1. The van der Waals surface area contributed by atoms with Crippen molar-refractivity contribution in [3.05, 3.63) is 78.8 Å². The summed E-state index contributed by atoms with van der Waals surface area (Å²) in [6.07, 6.45) is 1.53. The summed E-state index contributed by atoms with van der Waals surface area (Å²) >= 11 is 0. The Morgan fingerprint density at radius 3 is 2.44 bits per heavy atom. The molecule has 8 nitrogen and oxygen atoms in total. The number of anilines is 1. The highest BCUT2D eigenvalue weighted by Crippen LogP contribution is 2.30. The van der Waals surface area contributed by atoms with Crippen molar-refractivity contribution in [2.75, 3.05) is 31.1 Å². The molecule has 1 aliphatic heterocycles. The average molecular weight is 424 g/mol. The van der Waals surface area contributed by atoms with Crippen LogP contribution in [-0.4, -0.2) is 56.8 Å². The molecule has 0 bridgehead atoms. The predicted molar refractivity (Wildman–Crippen MR) is 121 cm³/mol. The molecule has 3 aromatic heterocycles. The van der Waals surface area contributed by atoms with Crippen molar-refractivity contribution in [3.63, 3.8) is 0 Å². The van der Waals surface area contributed by atoms with E-state index in [1.165, 1.54) is 6.26 Å². The third kappa shape index (κ3) is 2.99. The highest BCUT2D eigenvalue weighted by Gasteiger charge is 2.26. The smallest absolute Gasteiger partial charge is 0.289 e. The molecule has 1 amide bonds. The molecule has 0 radical (unpaired) electrons. The molecular formula is C24H20N6O2. The number of carbonyl (C=O) groups is 1. The fraction of sp³-hybridized carbons (Fsp3) is 0.167. The Bertz CT molecular complexity index is 1400. The summed E-state index contributed by atoms with van der Waals surface area (Å²) in [6, 6.07) is 21.5. The molecule has 0 unspecified atom stereocenters. The number of rotatable bonds is 3. The number of hydrogen-bond acceptors (Lipinski definition) is 6. The molecular weight excluding hydrogens is 404 g/mol. The van der Waals surface area contributed by atoms with Gasteiger partial charge in [-0.25, -0.2) is 4.98 Å². The van der Waals surface area contributed by atoms with Crippen LogP contribution in [0.5, 0.6) is 0 Å². The monoisotopic (exact) mass is 424 g/mol. The molecule has 2 aromatic carbocycles. The molecule has 6 rings (SSSR count). The van der Waals surface area contributed by atoms with Gasteiger partial charge in [0.15, 0.2) is 11.4 Å². The van der Waals surface area contributed by atoms with Gasteiger partial charge in [-0.1, -0.05) is 47.7 Å². The number of amides is 1. The first-order valence-corrected chi connectivity index (χ1v) is 10.6. The number of fused-ring (bicyclic) bond motifs is 3. The number of nitrogens with zero attached hydrogens (tertiary/aromatic N) is 6.